The van der Waals surface area contributed by atoms with E-state index in [4.69, 9.17) is 14.2 Å². The van der Waals surface area contributed by atoms with Gasteiger partial charge in [0.25, 0.3) is 5.88 Å². The predicted octanol–water partition coefficient (Wildman–Crippen LogP) is 7.37. The number of unbranched alkanes of at least 4 members (excludes halogenated alkanes) is 10. The van der Waals surface area contributed by atoms with Crippen molar-refractivity contribution >= 4 is 23.5 Å². The van der Waals surface area contributed by atoms with E-state index in [1.165, 1.54) is 69.5 Å². The molecule has 2 rings (SSSR count). The number of likely N-dealkylation sites (N-methyl/N-ethyl adjacent to an activating group) is 1. The van der Waals surface area contributed by atoms with E-state index < -0.39 is 6.16 Å². The van der Waals surface area contributed by atoms with Gasteiger partial charge in [-0.1, -0.05) is 84.1 Å². The molecule has 35 heavy (non-hydrogen) atoms. The van der Waals surface area contributed by atoms with Crippen molar-refractivity contribution in [2.24, 2.45) is 0 Å². The van der Waals surface area contributed by atoms with Gasteiger partial charge in [0.2, 0.25) is 6.23 Å². The SMILES string of the molecule is CCCCCCCCCCOC(=O)OC(C)[N+]1(C)CCC=C(c2nsnc2OCCCCCC)C1. The number of nitrogens with zero attached hydrogens (tertiary/aromatic N) is 3. The highest BCUT2D eigenvalue weighted by atomic mass is 32.1. The van der Waals surface area contributed by atoms with Crippen LogP contribution in [0.4, 0.5) is 4.79 Å². The molecule has 0 aromatic carbocycles. The number of carbonyl (C=O) groups excluding carboxylic acids is 1. The Morgan fingerprint density at radius 1 is 0.971 bits per heavy atom. The third-order valence-electron chi connectivity index (χ3n) is 6.92. The zero-order valence-corrected chi connectivity index (χ0v) is 23.4. The van der Waals surface area contributed by atoms with E-state index in [1.54, 1.807) is 0 Å². The quantitative estimate of drug-likeness (QED) is 0.117. The van der Waals surface area contributed by atoms with Gasteiger partial charge in [-0.25, -0.2) is 4.79 Å². The maximum absolute atomic E-state index is 12.3. The van der Waals surface area contributed by atoms with Crippen molar-refractivity contribution in [3.8, 4) is 5.88 Å². The average molecular weight is 511 g/mol. The van der Waals surface area contributed by atoms with Crippen LogP contribution in [0.25, 0.3) is 5.57 Å². The van der Waals surface area contributed by atoms with Gasteiger partial charge in [-0.2, -0.15) is 4.37 Å². The summed E-state index contributed by atoms with van der Waals surface area (Å²) in [5, 5.41) is 0. The first-order valence-corrected chi connectivity index (χ1v) is 14.6. The van der Waals surface area contributed by atoms with Crippen molar-refractivity contribution in [3.05, 3.63) is 11.8 Å². The van der Waals surface area contributed by atoms with Gasteiger partial charge in [-0.15, -0.1) is 4.37 Å². The second kappa shape index (κ2) is 16.9. The second-order valence-electron chi connectivity index (χ2n) is 10.00. The van der Waals surface area contributed by atoms with E-state index in [9.17, 15) is 4.79 Å². The summed E-state index contributed by atoms with van der Waals surface area (Å²) in [6, 6.07) is 0. The molecule has 0 fully saturated rings. The summed E-state index contributed by atoms with van der Waals surface area (Å²) < 4.78 is 26.5. The molecule has 7 nitrogen and oxygen atoms in total. The number of ether oxygens (including phenoxy) is 3. The van der Waals surface area contributed by atoms with Crippen LogP contribution < -0.4 is 4.74 Å². The van der Waals surface area contributed by atoms with Crippen LogP contribution in [0.1, 0.15) is 110 Å². The third kappa shape index (κ3) is 10.9. The highest BCUT2D eigenvalue weighted by Gasteiger charge is 2.37. The Bertz CT molecular complexity index is 755. The molecule has 2 atom stereocenters. The van der Waals surface area contributed by atoms with Gasteiger partial charge < -0.3 is 14.2 Å². The van der Waals surface area contributed by atoms with Gasteiger partial charge >= 0.3 is 6.16 Å². The molecule has 200 valence electrons. The van der Waals surface area contributed by atoms with Crippen LogP contribution in [0.15, 0.2) is 6.08 Å². The molecule has 1 aromatic rings. The van der Waals surface area contributed by atoms with E-state index >= 15 is 0 Å². The van der Waals surface area contributed by atoms with Crippen LogP contribution in [-0.4, -0.2) is 59.0 Å². The van der Waals surface area contributed by atoms with Crippen LogP contribution in [-0.2, 0) is 9.47 Å². The molecule has 1 aromatic heterocycles. The molecule has 2 unspecified atom stereocenters. The maximum atomic E-state index is 12.3. The van der Waals surface area contributed by atoms with E-state index in [-0.39, 0.29) is 6.23 Å². The first kappa shape index (κ1) is 29.6. The van der Waals surface area contributed by atoms with Gasteiger partial charge in [-0.05, 0) is 12.8 Å². The fourth-order valence-electron chi connectivity index (χ4n) is 4.41. The Hall–Kier alpha value is -1.67. The summed E-state index contributed by atoms with van der Waals surface area (Å²) in [5.41, 5.74) is 1.94. The molecular formula is C27H48N3O4S+. The summed E-state index contributed by atoms with van der Waals surface area (Å²) in [7, 11) is 2.12. The predicted molar refractivity (Wildman–Crippen MR) is 143 cm³/mol. The van der Waals surface area contributed by atoms with Crippen LogP contribution in [0.3, 0.4) is 0 Å². The summed E-state index contributed by atoms with van der Waals surface area (Å²) in [5.74, 6) is 0.629. The minimum atomic E-state index is -0.567. The number of hydrogen-bond donors (Lipinski definition) is 0. The number of quaternary nitrogens is 1. The van der Waals surface area contributed by atoms with Crippen molar-refractivity contribution in [1.82, 2.24) is 8.75 Å². The van der Waals surface area contributed by atoms with Crippen molar-refractivity contribution < 1.29 is 23.5 Å². The highest BCUT2D eigenvalue weighted by Crippen LogP contribution is 2.31. The van der Waals surface area contributed by atoms with E-state index in [0.29, 0.717) is 30.1 Å². The number of carbonyl (C=O) groups is 1. The lowest BCUT2D eigenvalue weighted by molar-refractivity contribution is -0.944. The largest absolute Gasteiger partial charge is 0.512 e. The Kier molecular flexibility index (Phi) is 14.3. The topological polar surface area (TPSA) is 70.5 Å². The molecule has 0 saturated carbocycles. The van der Waals surface area contributed by atoms with Crippen LogP contribution in [0.2, 0.25) is 0 Å². The number of aromatic nitrogens is 2. The molecular weight excluding hydrogens is 462 g/mol. The van der Waals surface area contributed by atoms with Crippen molar-refractivity contribution in [2.75, 3.05) is 33.4 Å². The fraction of sp³-hybridized carbons (Fsp3) is 0.815. The van der Waals surface area contributed by atoms with Crippen LogP contribution in [0, 0.1) is 0 Å². The summed E-state index contributed by atoms with van der Waals surface area (Å²) in [6.07, 6.45) is 16.6. The zero-order chi connectivity index (χ0) is 25.4. The van der Waals surface area contributed by atoms with E-state index in [0.717, 1.165) is 43.5 Å². The Morgan fingerprint density at radius 3 is 2.31 bits per heavy atom. The fourth-order valence-corrected chi connectivity index (χ4v) is 4.94. The first-order chi connectivity index (χ1) is 17.0. The monoisotopic (exact) mass is 510 g/mol. The molecule has 2 heterocycles. The molecule has 0 radical (unpaired) electrons. The summed E-state index contributed by atoms with van der Waals surface area (Å²) >= 11 is 1.19. The maximum Gasteiger partial charge on any atom is 0.512 e. The van der Waals surface area contributed by atoms with Gasteiger partial charge in [0.05, 0.1) is 38.5 Å². The van der Waals surface area contributed by atoms with Crippen molar-refractivity contribution in [2.45, 2.75) is 110 Å². The highest BCUT2D eigenvalue weighted by molar-refractivity contribution is 6.99. The summed E-state index contributed by atoms with van der Waals surface area (Å²) in [6.45, 7) is 9.09. The molecule has 0 N–H and O–H groups in total. The van der Waals surface area contributed by atoms with Gasteiger partial charge in [0, 0.05) is 18.9 Å². The number of rotatable bonds is 18. The minimum absolute atomic E-state index is 0.310. The number of hydrogen-bond acceptors (Lipinski definition) is 7. The normalized spacial score (nSPS) is 18.7. The molecule has 0 aliphatic carbocycles. The van der Waals surface area contributed by atoms with Crippen LogP contribution >= 0.6 is 11.7 Å². The third-order valence-corrected chi connectivity index (χ3v) is 7.44. The smallest absolute Gasteiger partial charge is 0.475 e. The lowest BCUT2D eigenvalue weighted by Gasteiger charge is -2.41. The molecule has 0 spiro atoms. The minimum Gasteiger partial charge on any atom is -0.475 e. The van der Waals surface area contributed by atoms with Crippen molar-refractivity contribution in [3.63, 3.8) is 0 Å². The molecule has 0 bridgehead atoms. The molecule has 1 aliphatic rings. The average Bonchev–Trinajstić information content (AvgIpc) is 3.31. The van der Waals surface area contributed by atoms with Gasteiger partial charge in [0.15, 0.2) is 0 Å². The zero-order valence-electron chi connectivity index (χ0n) is 22.6. The lowest BCUT2D eigenvalue weighted by Crippen LogP contribution is -2.55. The lowest BCUT2D eigenvalue weighted by atomic mass is 10.0. The summed E-state index contributed by atoms with van der Waals surface area (Å²) in [4.78, 5) is 12.3. The van der Waals surface area contributed by atoms with Crippen molar-refractivity contribution in [1.29, 1.82) is 0 Å². The van der Waals surface area contributed by atoms with E-state index in [1.807, 2.05) is 6.92 Å². The standard InChI is InChI=1S/C27H48N3O4S/c1-5-7-9-11-12-13-14-16-21-33-27(31)34-23(3)30(4)19-17-18-24(22-30)25-26(29-35-28-25)32-20-15-10-8-6-2/h18,23H,5-17,19-22H2,1-4H3/q+1. The Morgan fingerprint density at radius 2 is 1.60 bits per heavy atom. The molecule has 8 heteroatoms. The Labute approximate surface area is 217 Å². The molecule has 0 saturated heterocycles. The van der Waals surface area contributed by atoms with Crippen LogP contribution in [0.5, 0.6) is 5.88 Å². The van der Waals surface area contributed by atoms with E-state index in [2.05, 4.69) is 35.7 Å². The van der Waals surface area contributed by atoms with Gasteiger partial charge in [-0.3, -0.25) is 4.48 Å². The van der Waals surface area contributed by atoms with Gasteiger partial charge in [0.1, 0.15) is 12.2 Å². The molecule has 0 amide bonds. The Balaban J connectivity index is 1.73. The second-order valence-corrected chi connectivity index (χ2v) is 10.5. The first-order valence-electron chi connectivity index (χ1n) is 13.8. The molecule has 1 aliphatic heterocycles.